The Bertz CT molecular complexity index is 385. The van der Waals surface area contributed by atoms with E-state index in [1.54, 1.807) is 21.3 Å². The van der Waals surface area contributed by atoms with Crippen LogP contribution in [0.1, 0.15) is 18.4 Å². The second-order valence-corrected chi connectivity index (χ2v) is 4.69. The molecule has 0 aliphatic heterocycles. The Morgan fingerprint density at radius 2 is 1.71 bits per heavy atom. The van der Waals surface area contributed by atoms with E-state index in [4.69, 9.17) is 18.9 Å². The van der Waals surface area contributed by atoms with E-state index in [2.05, 4.69) is 5.32 Å². The summed E-state index contributed by atoms with van der Waals surface area (Å²) in [6.45, 7) is 3.72. The van der Waals surface area contributed by atoms with E-state index < -0.39 is 0 Å². The first-order valence-corrected chi connectivity index (χ1v) is 7.30. The Kier molecular flexibility index (Phi) is 9.61. The number of unbranched alkanes of at least 4 members (excludes halogenated alkanes) is 1. The third-order valence-corrected chi connectivity index (χ3v) is 3.07. The van der Waals surface area contributed by atoms with Gasteiger partial charge in [0, 0.05) is 45.5 Å². The van der Waals surface area contributed by atoms with Gasteiger partial charge in [0.15, 0.2) is 0 Å². The Morgan fingerprint density at radius 3 is 2.43 bits per heavy atom. The lowest BCUT2D eigenvalue weighted by Crippen LogP contribution is -2.19. The van der Waals surface area contributed by atoms with Gasteiger partial charge in [-0.1, -0.05) is 6.07 Å². The highest BCUT2D eigenvalue weighted by Gasteiger charge is 2.06. The predicted molar refractivity (Wildman–Crippen MR) is 83.2 cm³/mol. The van der Waals surface area contributed by atoms with Crippen LogP contribution in [0.5, 0.6) is 11.5 Å². The van der Waals surface area contributed by atoms with Crippen molar-refractivity contribution in [1.29, 1.82) is 0 Å². The highest BCUT2D eigenvalue weighted by atomic mass is 16.5. The van der Waals surface area contributed by atoms with Crippen LogP contribution in [-0.4, -0.2) is 47.7 Å². The summed E-state index contributed by atoms with van der Waals surface area (Å²) in [5.41, 5.74) is 1.12. The first-order chi connectivity index (χ1) is 10.3. The van der Waals surface area contributed by atoms with Crippen molar-refractivity contribution in [3.63, 3.8) is 0 Å². The number of hydrogen-bond donors (Lipinski definition) is 1. The summed E-state index contributed by atoms with van der Waals surface area (Å²) in [5.74, 6) is 1.68. The molecule has 0 saturated heterocycles. The maximum atomic E-state index is 5.88. The zero-order valence-corrected chi connectivity index (χ0v) is 13.3. The summed E-state index contributed by atoms with van der Waals surface area (Å²) in [6, 6.07) is 5.91. The molecule has 0 unspecified atom stereocenters. The molecule has 0 saturated carbocycles. The zero-order chi connectivity index (χ0) is 15.3. The van der Waals surface area contributed by atoms with Gasteiger partial charge in [-0.25, -0.2) is 0 Å². The van der Waals surface area contributed by atoms with E-state index in [0.717, 1.165) is 49.6 Å². The normalized spacial score (nSPS) is 10.6. The molecule has 0 amide bonds. The third kappa shape index (κ3) is 7.32. The van der Waals surface area contributed by atoms with Crippen LogP contribution < -0.4 is 14.8 Å². The Hall–Kier alpha value is -1.30. The molecule has 21 heavy (non-hydrogen) atoms. The van der Waals surface area contributed by atoms with E-state index >= 15 is 0 Å². The van der Waals surface area contributed by atoms with E-state index in [1.807, 2.05) is 18.2 Å². The fourth-order valence-corrected chi connectivity index (χ4v) is 1.87. The third-order valence-electron chi connectivity index (χ3n) is 3.07. The molecule has 120 valence electrons. The second kappa shape index (κ2) is 11.4. The van der Waals surface area contributed by atoms with Crippen molar-refractivity contribution in [2.45, 2.75) is 19.4 Å². The lowest BCUT2D eigenvalue weighted by atomic mass is 10.2. The molecule has 0 heterocycles. The van der Waals surface area contributed by atoms with Gasteiger partial charge in [-0.3, -0.25) is 0 Å². The molecule has 5 heteroatoms. The Balaban J connectivity index is 2.51. The quantitative estimate of drug-likeness (QED) is 0.600. The van der Waals surface area contributed by atoms with Crippen molar-refractivity contribution in [3.05, 3.63) is 23.8 Å². The fraction of sp³-hybridized carbons (Fsp3) is 0.625. The van der Waals surface area contributed by atoms with Crippen molar-refractivity contribution >= 4 is 0 Å². The van der Waals surface area contributed by atoms with Crippen LogP contribution in [0.15, 0.2) is 18.2 Å². The van der Waals surface area contributed by atoms with Crippen LogP contribution in [0.2, 0.25) is 0 Å². The average molecular weight is 297 g/mol. The smallest absolute Gasteiger partial charge is 0.127 e. The molecule has 0 aliphatic carbocycles. The topological polar surface area (TPSA) is 49.0 Å². The summed E-state index contributed by atoms with van der Waals surface area (Å²) in [6.07, 6.45) is 1.98. The molecule has 1 N–H and O–H groups in total. The summed E-state index contributed by atoms with van der Waals surface area (Å²) in [4.78, 5) is 0. The van der Waals surface area contributed by atoms with Crippen molar-refractivity contribution in [2.24, 2.45) is 0 Å². The van der Waals surface area contributed by atoms with Gasteiger partial charge in [-0.15, -0.1) is 0 Å². The van der Waals surface area contributed by atoms with Crippen LogP contribution >= 0.6 is 0 Å². The number of methoxy groups -OCH3 is 3. The van der Waals surface area contributed by atoms with Gasteiger partial charge < -0.3 is 24.3 Å². The summed E-state index contributed by atoms with van der Waals surface area (Å²) >= 11 is 0. The molecule has 0 radical (unpaired) electrons. The van der Waals surface area contributed by atoms with Gasteiger partial charge in [0.05, 0.1) is 20.3 Å². The molecule has 0 spiro atoms. The van der Waals surface area contributed by atoms with Gasteiger partial charge in [-0.2, -0.15) is 0 Å². The minimum absolute atomic E-state index is 0.682. The molecule has 0 atom stereocenters. The zero-order valence-electron chi connectivity index (χ0n) is 13.3. The molecule has 5 nitrogen and oxygen atoms in total. The SMILES string of the molecule is COCCCCOc1cc(OC)ccc1CNCCOC. The van der Waals surface area contributed by atoms with Crippen LogP contribution in [0.4, 0.5) is 0 Å². The highest BCUT2D eigenvalue weighted by Crippen LogP contribution is 2.25. The number of hydrogen-bond acceptors (Lipinski definition) is 5. The molecule has 0 aromatic heterocycles. The molecule has 0 aliphatic rings. The van der Waals surface area contributed by atoms with Gasteiger partial charge in [0.25, 0.3) is 0 Å². The standard InChI is InChI=1S/C16H27NO4/c1-18-9-4-5-10-21-16-12-15(20-3)7-6-14(16)13-17-8-11-19-2/h6-7,12,17H,4-5,8-11,13H2,1-3H3. The maximum Gasteiger partial charge on any atom is 0.127 e. The largest absolute Gasteiger partial charge is 0.497 e. The monoisotopic (exact) mass is 297 g/mol. The average Bonchev–Trinajstić information content (AvgIpc) is 2.52. The van der Waals surface area contributed by atoms with E-state index in [9.17, 15) is 0 Å². The first kappa shape index (κ1) is 17.8. The fourth-order valence-electron chi connectivity index (χ4n) is 1.87. The summed E-state index contributed by atoms with van der Waals surface area (Å²) < 4.78 is 21.2. The molecule has 1 aromatic rings. The number of ether oxygens (including phenoxy) is 4. The molecule has 1 aromatic carbocycles. The lowest BCUT2D eigenvalue weighted by molar-refractivity contribution is 0.183. The van der Waals surface area contributed by atoms with Crippen LogP contribution in [0.3, 0.4) is 0 Å². The Morgan fingerprint density at radius 1 is 0.952 bits per heavy atom. The maximum absolute atomic E-state index is 5.88. The number of benzene rings is 1. The second-order valence-electron chi connectivity index (χ2n) is 4.69. The van der Waals surface area contributed by atoms with E-state index in [1.165, 1.54) is 0 Å². The highest BCUT2D eigenvalue weighted by molar-refractivity contribution is 5.40. The summed E-state index contributed by atoms with van der Waals surface area (Å²) in [7, 11) is 5.07. The van der Waals surface area contributed by atoms with Crippen molar-refractivity contribution in [3.8, 4) is 11.5 Å². The molecular formula is C16H27NO4. The van der Waals surface area contributed by atoms with Crippen LogP contribution in [0, 0.1) is 0 Å². The van der Waals surface area contributed by atoms with Crippen molar-refractivity contribution in [1.82, 2.24) is 5.32 Å². The Labute approximate surface area is 127 Å². The molecule has 1 rings (SSSR count). The predicted octanol–water partition coefficient (Wildman–Crippen LogP) is 2.24. The minimum atomic E-state index is 0.682. The molecule has 0 bridgehead atoms. The van der Waals surface area contributed by atoms with Gasteiger partial charge in [-0.05, 0) is 18.9 Å². The summed E-state index contributed by atoms with van der Waals surface area (Å²) in [5, 5.41) is 3.33. The van der Waals surface area contributed by atoms with Crippen LogP contribution in [0.25, 0.3) is 0 Å². The van der Waals surface area contributed by atoms with Gasteiger partial charge >= 0.3 is 0 Å². The lowest BCUT2D eigenvalue weighted by Gasteiger charge is -2.13. The van der Waals surface area contributed by atoms with E-state index in [-0.39, 0.29) is 0 Å². The minimum Gasteiger partial charge on any atom is -0.497 e. The van der Waals surface area contributed by atoms with E-state index in [0.29, 0.717) is 13.2 Å². The van der Waals surface area contributed by atoms with Gasteiger partial charge in [0.2, 0.25) is 0 Å². The van der Waals surface area contributed by atoms with Gasteiger partial charge in [0.1, 0.15) is 11.5 Å². The molecular weight excluding hydrogens is 270 g/mol. The number of nitrogens with one attached hydrogen (secondary N) is 1. The van der Waals surface area contributed by atoms with Crippen molar-refractivity contribution in [2.75, 3.05) is 47.7 Å². The van der Waals surface area contributed by atoms with Crippen molar-refractivity contribution < 1.29 is 18.9 Å². The first-order valence-electron chi connectivity index (χ1n) is 7.30. The number of rotatable bonds is 12. The van der Waals surface area contributed by atoms with Crippen LogP contribution in [-0.2, 0) is 16.0 Å². The molecule has 0 fully saturated rings.